The average Bonchev–Trinajstić information content (AvgIpc) is 2.70. The van der Waals surface area contributed by atoms with Gasteiger partial charge in [0.1, 0.15) is 0 Å². The zero-order valence-corrected chi connectivity index (χ0v) is 20.7. The SMILES string of the molecule is CCCN1CCC(CN=C(NCC)N2CCC(OCCCOC)CC2)CC1.I. The second-order valence-corrected chi connectivity index (χ2v) is 7.88. The summed E-state index contributed by atoms with van der Waals surface area (Å²) in [5.41, 5.74) is 0. The third-order valence-corrected chi connectivity index (χ3v) is 5.67. The Morgan fingerprint density at radius 1 is 1.04 bits per heavy atom. The summed E-state index contributed by atoms with van der Waals surface area (Å²) in [5, 5.41) is 3.50. The molecule has 1 N–H and O–H groups in total. The molecule has 0 atom stereocenters. The van der Waals surface area contributed by atoms with Gasteiger partial charge in [-0.1, -0.05) is 6.92 Å². The minimum absolute atomic E-state index is 0. The second kappa shape index (κ2) is 15.7. The van der Waals surface area contributed by atoms with Crippen molar-refractivity contribution in [3.63, 3.8) is 0 Å². The van der Waals surface area contributed by atoms with Crippen LogP contribution in [0, 0.1) is 5.92 Å². The molecule has 2 aliphatic rings. The smallest absolute Gasteiger partial charge is 0.193 e. The van der Waals surface area contributed by atoms with E-state index in [4.69, 9.17) is 14.5 Å². The molecule has 0 saturated carbocycles. The molecule has 2 heterocycles. The number of guanidine groups is 1. The van der Waals surface area contributed by atoms with Crippen LogP contribution in [0.25, 0.3) is 0 Å². The number of nitrogens with one attached hydrogen (secondary N) is 1. The molecule has 166 valence electrons. The van der Waals surface area contributed by atoms with Crippen LogP contribution in [0.3, 0.4) is 0 Å². The molecule has 2 aliphatic heterocycles. The van der Waals surface area contributed by atoms with Crippen LogP contribution in [0.1, 0.15) is 52.4 Å². The van der Waals surface area contributed by atoms with Gasteiger partial charge < -0.3 is 24.6 Å². The van der Waals surface area contributed by atoms with E-state index in [1.54, 1.807) is 7.11 Å². The third-order valence-electron chi connectivity index (χ3n) is 5.67. The fraction of sp³-hybridized carbons (Fsp3) is 0.952. The molecule has 2 fully saturated rings. The molecule has 0 aromatic carbocycles. The molecule has 2 saturated heterocycles. The van der Waals surface area contributed by atoms with Gasteiger partial charge in [-0.05, 0) is 71.0 Å². The van der Waals surface area contributed by atoms with Crippen molar-refractivity contribution < 1.29 is 9.47 Å². The van der Waals surface area contributed by atoms with E-state index < -0.39 is 0 Å². The van der Waals surface area contributed by atoms with Crippen molar-refractivity contribution in [2.45, 2.75) is 58.5 Å². The van der Waals surface area contributed by atoms with Crippen molar-refractivity contribution in [2.24, 2.45) is 10.9 Å². The highest BCUT2D eigenvalue weighted by Gasteiger charge is 2.23. The molecule has 0 aromatic heterocycles. The van der Waals surface area contributed by atoms with Crippen LogP contribution in [-0.4, -0.2) is 88.0 Å². The molecule has 6 nitrogen and oxygen atoms in total. The normalized spacial score (nSPS) is 20.2. The lowest BCUT2D eigenvalue weighted by molar-refractivity contribution is 0.00988. The van der Waals surface area contributed by atoms with Gasteiger partial charge in [0.2, 0.25) is 0 Å². The Morgan fingerprint density at radius 2 is 1.75 bits per heavy atom. The Kier molecular flexibility index (Phi) is 14.5. The van der Waals surface area contributed by atoms with Crippen LogP contribution in [0.5, 0.6) is 0 Å². The van der Waals surface area contributed by atoms with Gasteiger partial charge in [0, 0.05) is 46.5 Å². The maximum Gasteiger partial charge on any atom is 0.193 e. The van der Waals surface area contributed by atoms with Crippen molar-refractivity contribution in [3.05, 3.63) is 0 Å². The quantitative estimate of drug-likeness (QED) is 0.212. The number of methoxy groups -OCH3 is 1. The van der Waals surface area contributed by atoms with Crippen molar-refractivity contribution in [1.29, 1.82) is 0 Å². The van der Waals surface area contributed by atoms with E-state index in [1.807, 2.05) is 0 Å². The highest BCUT2D eigenvalue weighted by atomic mass is 127. The first-order valence-electron chi connectivity index (χ1n) is 11.1. The molecule has 28 heavy (non-hydrogen) atoms. The van der Waals surface area contributed by atoms with Gasteiger partial charge in [-0.15, -0.1) is 24.0 Å². The summed E-state index contributed by atoms with van der Waals surface area (Å²) >= 11 is 0. The van der Waals surface area contributed by atoms with E-state index in [2.05, 4.69) is 29.0 Å². The molecule has 0 aromatic rings. The fourth-order valence-electron chi connectivity index (χ4n) is 4.04. The molecular weight excluding hydrogens is 467 g/mol. The molecular formula is C21H43IN4O2. The zero-order valence-electron chi connectivity index (χ0n) is 18.3. The van der Waals surface area contributed by atoms with E-state index in [0.717, 1.165) is 70.5 Å². The number of ether oxygens (including phenoxy) is 2. The van der Waals surface area contributed by atoms with Crippen molar-refractivity contribution in [3.8, 4) is 0 Å². The number of hydrogen-bond acceptors (Lipinski definition) is 4. The van der Waals surface area contributed by atoms with Gasteiger partial charge >= 0.3 is 0 Å². The second-order valence-electron chi connectivity index (χ2n) is 7.88. The first-order valence-corrected chi connectivity index (χ1v) is 11.1. The van der Waals surface area contributed by atoms with Crippen molar-refractivity contribution >= 4 is 29.9 Å². The summed E-state index contributed by atoms with van der Waals surface area (Å²) in [6.07, 6.45) is 7.40. The van der Waals surface area contributed by atoms with Gasteiger partial charge in [0.25, 0.3) is 0 Å². The largest absolute Gasteiger partial charge is 0.385 e. The molecule has 0 unspecified atom stereocenters. The molecule has 0 aliphatic carbocycles. The standard InChI is InChI=1S/C21H42N4O2.HI/c1-4-11-24-12-7-19(8-13-24)18-23-21(22-5-2)25-14-9-20(10-15-25)27-17-6-16-26-3;/h19-20H,4-18H2,1-3H3,(H,22,23);1H. The molecule has 7 heteroatoms. The number of rotatable bonds is 10. The molecule has 0 spiro atoms. The van der Waals surface area contributed by atoms with Crippen LogP contribution in [0.4, 0.5) is 0 Å². The lowest BCUT2D eigenvalue weighted by Crippen LogP contribution is -2.47. The topological polar surface area (TPSA) is 49.3 Å². The minimum atomic E-state index is 0. The number of nitrogens with zero attached hydrogens (tertiary/aromatic N) is 3. The Labute approximate surface area is 189 Å². The average molecular weight is 511 g/mol. The van der Waals surface area contributed by atoms with Crippen LogP contribution < -0.4 is 5.32 Å². The molecule has 0 radical (unpaired) electrons. The summed E-state index contributed by atoms with van der Waals surface area (Å²) < 4.78 is 11.1. The van der Waals surface area contributed by atoms with Crippen LogP contribution in [0.15, 0.2) is 4.99 Å². The van der Waals surface area contributed by atoms with Crippen LogP contribution in [-0.2, 0) is 9.47 Å². The number of aliphatic imine (C=N–C) groups is 1. The van der Waals surface area contributed by atoms with E-state index in [-0.39, 0.29) is 24.0 Å². The number of hydrogen-bond donors (Lipinski definition) is 1. The molecule has 0 amide bonds. The zero-order chi connectivity index (χ0) is 19.3. The number of piperidine rings is 2. The highest BCUT2D eigenvalue weighted by molar-refractivity contribution is 14.0. The Hall–Kier alpha value is -0.120. The summed E-state index contributed by atoms with van der Waals surface area (Å²) in [4.78, 5) is 10.0. The van der Waals surface area contributed by atoms with Gasteiger partial charge in [0.05, 0.1) is 6.10 Å². The predicted molar refractivity (Wildman–Crippen MR) is 128 cm³/mol. The molecule has 2 rings (SSSR count). The minimum Gasteiger partial charge on any atom is -0.385 e. The lowest BCUT2D eigenvalue weighted by atomic mass is 9.97. The summed E-state index contributed by atoms with van der Waals surface area (Å²) in [6.45, 7) is 13.7. The van der Waals surface area contributed by atoms with Gasteiger partial charge in [-0.3, -0.25) is 4.99 Å². The van der Waals surface area contributed by atoms with E-state index in [1.165, 1.54) is 38.9 Å². The molecule has 0 bridgehead atoms. The summed E-state index contributed by atoms with van der Waals surface area (Å²) in [7, 11) is 1.74. The highest BCUT2D eigenvalue weighted by Crippen LogP contribution is 2.18. The maximum absolute atomic E-state index is 5.99. The van der Waals surface area contributed by atoms with E-state index >= 15 is 0 Å². The Morgan fingerprint density at radius 3 is 2.36 bits per heavy atom. The van der Waals surface area contributed by atoms with Gasteiger partial charge in [-0.2, -0.15) is 0 Å². The fourth-order valence-corrected chi connectivity index (χ4v) is 4.04. The lowest BCUT2D eigenvalue weighted by Gasteiger charge is -2.35. The first-order chi connectivity index (χ1) is 13.3. The van der Waals surface area contributed by atoms with Crippen LogP contribution >= 0.6 is 24.0 Å². The summed E-state index contributed by atoms with van der Waals surface area (Å²) in [6, 6.07) is 0. The first kappa shape index (κ1) is 25.9. The Bertz CT molecular complexity index is 409. The van der Waals surface area contributed by atoms with Gasteiger partial charge in [0.15, 0.2) is 5.96 Å². The number of likely N-dealkylation sites (tertiary alicyclic amines) is 2. The third kappa shape index (κ3) is 9.59. The monoisotopic (exact) mass is 510 g/mol. The maximum atomic E-state index is 5.99. The summed E-state index contributed by atoms with van der Waals surface area (Å²) in [5.74, 6) is 1.85. The van der Waals surface area contributed by atoms with Crippen molar-refractivity contribution in [2.75, 3.05) is 66.1 Å². The van der Waals surface area contributed by atoms with E-state index in [9.17, 15) is 0 Å². The van der Waals surface area contributed by atoms with Gasteiger partial charge in [-0.25, -0.2) is 0 Å². The predicted octanol–water partition coefficient (Wildman–Crippen LogP) is 3.21. The van der Waals surface area contributed by atoms with Crippen LogP contribution in [0.2, 0.25) is 0 Å². The van der Waals surface area contributed by atoms with E-state index in [0.29, 0.717) is 6.10 Å². The van der Waals surface area contributed by atoms with Crippen molar-refractivity contribution in [1.82, 2.24) is 15.1 Å². The number of halogens is 1. The Balaban J connectivity index is 0.00000392.